The predicted octanol–water partition coefficient (Wildman–Crippen LogP) is 0.788. The lowest BCUT2D eigenvalue weighted by Crippen LogP contribution is -2.42. The lowest BCUT2D eigenvalue weighted by Gasteiger charge is -2.14. The molecule has 0 unspecified atom stereocenters. The topological polar surface area (TPSA) is 115 Å². The summed E-state index contributed by atoms with van der Waals surface area (Å²) < 4.78 is 22.2. The highest BCUT2D eigenvalue weighted by Gasteiger charge is 2.14. The van der Waals surface area contributed by atoms with Gasteiger partial charge in [0.1, 0.15) is 0 Å². The van der Waals surface area contributed by atoms with Crippen molar-refractivity contribution >= 4 is 28.3 Å². The highest BCUT2D eigenvalue weighted by Crippen LogP contribution is 2.09. The number of carbonyl (C=O) groups is 1. The monoisotopic (exact) mass is 349 g/mol. The fourth-order valence-electron chi connectivity index (χ4n) is 1.92. The van der Waals surface area contributed by atoms with Gasteiger partial charge in [0.25, 0.3) is 0 Å². The second kappa shape index (κ2) is 9.09. The van der Waals surface area contributed by atoms with Crippen LogP contribution in [0.5, 0.6) is 0 Å². The van der Waals surface area contributed by atoms with Crippen molar-refractivity contribution < 1.29 is 13.2 Å². The van der Waals surface area contributed by atoms with E-state index in [-0.39, 0.29) is 23.2 Å². The Labute approximate surface area is 138 Å². The highest BCUT2D eigenvalue weighted by atomic mass is 35.5. The second-order valence-electron chi connectivity index (χ2n) is 5.47. The lowest BCUT2D eigenvalue weighted by atomic mass is 10.0. The molecule has 1 rings (SSSR count). The summed E-state index contributed by atoms with van der Waals surface area (Å²) in [6.45, 7) is 4.49. The molecule has 0 bridgehead atoms. The maximum atomic E-state index is 11.7. The number of nitrogens with two attached hydrogens (primary N) is 2. The van der Waals surface area contributed by atoms with Gasteiger partial charge < -0.3 is 11.1 Å². The molecule has 5 N–H and O–H groups in total. The first-order valence-electron chi connectivity index (χ1n) is 6.85. The van der Waals surface area contributed by atoms with Crippen molar-refractivity contribution in [3.63, 3.8) is 0 Å². The number of halogens is 1. The van der Waals surface area contributed by atoms with Crippen LogP contribution in [0.3, 0.4) is 0 Å². The number of benzene rings is 1. The molecule has 1 aromatic rings. The molecule has 1 atom stereocenters. The zero-order valence-corrected chi connectivity index (χ0v) is 14.4. The smallest absolute Gasteiger partial charge is 0.238 e. The molecule has 126 valence electrons. The van der Waals surface area contributed by atoms with Gasteiger partial charge in [0.2, 0.25) is 15.9 Å². The van der Waals surface area contributed by atoms with Gasteiger partial charge in [0.15, 0.2) is 0 Å². The van der Waals surface area contributed by atoms with Crippen LogP contribution in [0.1, 0.15) is 25.8 Å². The summed E-state index contributed by atoms with van der Waals surface area (Å²) in [6.07, 6.45) is 1.25. The largest absolute Gasteiger partial charge is 0.354 e. The molecule has 0 aromatic heterocycles. The maximum absolute atomic E-state index is 11.7. The van der Waals surface area contributed by atoms with Crippen LogP contribution < -0.4 is 16.2 Å². The van der Waals surface area contributed by atoms with Gasteiger partial charge in [-0.2, -0.15) is 0 Å². The molecule has 0 saturated heterocycles. The number of amides is 1. The quantitative estimate of drug-likeness (QED) is 0.674. The number of sulfonamides is 1. The average Bonchev–Trinajstić information content (AvgIpc) is 2.37. The number of primary sulfonamides is 1. The van der Waals surface area contributed by atoms with Gasteiger partial charge in [0.05, 0.1) is 10.9 Å². The normalized spacial score (nSPS) is 12.6. The summed E-state index contributed by atoms with van der Waals surface area (Å²) in [5.74, 6) is 0.210. The van der Waals surface area contributed by atoms with E-state index in [9.17, 15) is 13.2 Å². The molecule has 0 aliphatic carbocycles. The molecule has 0 fully saturated rings. The van der Waals surface area contributed by atoms with E-state index < -0.39 is 16.1 Å². The van der Waals surface area contributed by atoms with Crippen molar-refractivity contribution in [3.05, 3.63) is 29.8 Å². The Hall–Kier alpha value is -1.15. The fourth-order valence-corrected chi connectivity index (χ4v) is 2.44. The van der Waals surface area contributed by atoms with Crippen LogP contribution in [-0.4, -0.2) is 26.9 Å². The lowest BCUT2D eigenvalue weighted by molar-refractivity contribution is -0.122. The van der Waals surface area contributed by atoms with E-state index in [2.05, 4.69) is 5.32 Å². The second-order valence-corrected chi connectivity index (χ2v) is 7.03. The van der Waals surface area contributed by atoms with E-state index in [1.54, 1.807) is 12.1 Å². The van der Waals surface area contributed by atoms with Gasteiger partial charge in [-0.25, -0.2) is 13.6 Å². The van der Waals surface area contributed by atoms with Crippen molar-refractivity contribution in [3.8, 4) is 0 Å². The Kier molecular flexibility index (Phi) is 8.62. The third-order valence-corrected chi connectivity index (χ3v) is 3.96. The van der Waals surface area contributed by atoms with Gasteiger partial charge in [-0.05, 0) is 36.5 Å². The van der Waals surface area contributed by atoms with Gasteiger partial charge in [0, 0.05) is 6.54 Å². The highest BCUT2D eigenvalue weighted by molar-refractivity contribution is 7.89. The first-order chi connectivity index (χ1) is 9.70. The SMILES string of the molecule is CC(C)C[C@H](N)C(=O)NCCc1ccc(S(N)(=O)=O)cc1.Cl. The summed E-state index contributed by atoms with van der Waals surface area (Å²) in [6, 6.07) is 5.78. The summed E-state index contributed by atoms with van der Waals surface area (Å²) in [5.41, 5.74) is 6.69. The summed E-state index contributed by atoms with van der Waals surface area (Å²) in [7, 11) is -3.66. The van der Waals surface area contributed by atoms with Crippen LogP contribution >= 0.6 is 12.4 Å². The fraction of sp³-hybridized carbons (Fsp3) is 0.500. The minimum absolute atomic E-state index is 0. The van der Waals surface area contributed by atoms with Crippen molar-refractivity contribution in [2.24, 2.45) is 16.8 Å². The van der Waals surface area contributed by atoms with Gasteiger partial charge in [-0.1, -0.05) is 26.0 Å². The Balaban J connectivity index is 0.00000441. The zero-order chi connectivity index (χ0) is 16.0. The summed E-state index contributed by atoms with van der Waals surface area (Å²) >= 11 is 0. The number of hydrogen-bond donors (Lipinski definition) is 3. The maximum Gasteiger partial charge on any atom is 0.238 e. The molecule has 0 radical (unpaired) electrons. The van der Waals surface area contributed by atoms with E-state index in [1.807, 2.05) is 13.8 Å². The van der Waals surface area contributed by atoms with Gasteiger partial charge in [-0.15, -0.1) is 12.4 Å². The van der Waals surface area contributed by atoms with E-state index in [0.717, 1.165) is 5.56 Å². The molecule has 1 aromatic carbocycles. The van der Waals surface area contributed by atoms with Crippen LogP contribution in [-0.2, 0) is 21.2 Å². The van der Waals surface area contributed by atoms with E-state index in [1.165, 1.54) is 12.1 Å². The Bertz CT molecular complexity index is 574. The number of carbonyl (C=O) groups excluding carboxylic acids is 1. The van der Waals surface area contributed by atoms with Crippen molar-refractivity contribution in [2.75, 3.05) is 6.54 Å². The third-order valence-electron chi connectivity index (χ3n) is 3.03. The van der Waals surface area contributed by atoms with Crippen molar-refractivity contribution in [1.82, 2.24) is 5.32 Å². The van der Waals surface area contributed by atoms with Crippen LogP contribution in [0.2, 0.25) is 0 Å². The summed E-state index contributed by atoms with van der Waals surface area (Å²) in [4.78, 5) is 11.8. The van der Waals surface area contributed by atoms with E-state index in [4.69, 9.17) is 10.9 Å². The van der Waals surface area contributed by atoms with Gasteiger partial charge >= 0.3 is 0 Å². The standard InChI is InChI=1S/C14H23N3O3S.ClH/c1-10(2)9-13(15)14(18)17-8-7-11-3-5-12(6-4-11)21(16,19)20;/h3-6,10,13H,7-9,15H2,1-2H3,(H,17,18)(H2,16,19,20);1H/t13-;/m0./s1. The molecule has 0 heterocycles. The van der Waals surface area contributed by atoms with Gasteiger partial charge in [-0.3, -0.25) is 4.79 Å². The molecular formula is C14H24ClN3O3S. The molecule has 0 spiro atoms. The first kappa shape index (κ1) is 20.9. The predicted molar refractivity (Wildman–Crippen MR) is 89.2 cm³/mol. The molecule has 22 heavy (non-hydrogen) atoms. The first-order valence-corrected chi connectivity index (χ1v) is 8.40. The third kappa shape index (κ3) is 7.22. The van der Waals surface area contributed by atoms with Crippen LogP contribution in [0.15, 0.2) is 29.2 Å². The number of rotatable bonds is 7. The van der Waals surface area contributed by atoms with Crippen molar-refractivity contribution in [2.45, 2.75) is 37.6 Å². The molecule has 6 nitrogen and oxygen atoms in total. The number of nitrogens with one attached hydrogen (secondary N) is 1. The summed E-state index contributed by atoms with van der Waals surface area (Å²) in [5, 5.41) is 7.80. The Morgan fingerprint density at radius 3 is 2.23 bits per heavy atom. The Morgan fingerprint density at radius 2 is 1.77 bits per heavy atom. The minimum Gasteiger partial charge on any atom is -0.354 e. The van der Waals surface area contributed by atoms with Crippen LogP contribution in [0, 0.1) is 5.92 Å². The van der Waals surface area contributed by atoms with Crippen molar-refractivity contribution in [1.29, 1.82) is 0 Å². The average molecular weight is 350 g/mol. The minimum atomic E-state index is -3.66. The molecule has 0 aliphatic heterocycles. The van der Waals surface area contributed by atoms with Crippen LogP contribution in [0.25, 0.3) is 0 Å². The van der Waals surface area contributed by atoms with Crippen LogP contribution in [0.4, 0.5) is 0 Å². The number of hydrogen-bond acceptors (Lipinski definition) is 4. The van der Waals surface area contributed by atoms with E-state index >= 15 is 0 Å². The molecule has 0 aliphatic rings. The Morgan fingerprint density at radius 1 is 1.23 bits per heavy atom. The van der Waals surface area contributed by atoms with E-state index in [0.29, 0.717) is 25.3 Å². The molecule has 1 amide bonds. The molecule has 0 saturated carbocycles. The molecule has 8 heteroatoms. The zero-order valence-electron chi connectivity index (χ0n) is 12.8. The molecular weight excluding hydrogens is 326 g/mol.